The van der Waals surface area contributed by atoms with E-state index < -0.39 is 11.8 Å². The first-order valence-electron chi connectivity index (χ1n) is 7.91. The number of nitrogens with one attached hydrogen (secondary N) is 2. The zero-order valence-electron chi connectivity index (χ0n) is 14.5. The van der Waals surface area contributed by atoms with Gasteiger partial charge in [0, 0.05) is 17.4 Å². The summed E-state index contributed by atoms with van der Waals surface area (Å²) in [5, 5.41) is 17.7. The van der Waals surface area contributed by atoms with Crippen molar-refractivity contribution in [3.63, 3.8) is 0 Å². The van der Waals surface area contributed by atoms with Crippen molar-refractivity contribution in [2.75, 3.05) is 17.7 Å². The quantitative estimate of drug-likeness (QED) is 0.518. The van der Waals surface area contributed by atoms with Gasteiger partial charge in [-0.1, -0.05) is 6.07 Å². The molecule has 0 atom stereocenters. The monoisotopic (exact) mass is 383 g/mol. The Labute approximate surface area is 158 Å². The van der Waals surface area contributed by atoms with E-state index >= 15 is 0 Å². The Kier molecular flexibility index (Phi) is 5.40. The predicted molar refractivity (Wildman–Crippen MR) is 100 cm³/mol. The summed E-state index contributed by atoms with van der Waals surface area (Å²) >= 11 is 0. The molecule has 0 saturated heterocycles. The lowest BCUT2D eigenvalue weighted by molar-refractivity contribution is 0.0693. The molecular weight excluding hydrogens is 369 g/mol. The molecule has 1 aromatic heterocycles. The number of halogens is 1. The number of hydrogen-bond donors (Lipinski definition) is 3. The van der Waals surface area contributed by atoms with Crippen LogP contribution in [-0.4, -0.2) is 28.2 Å². The van der Waals surface area contributed by atoms with Gasteiger partial charge in [0.2, 0.25) is 5.95 Å². The summed E-state index contributed by atoms with van der Waals surface area (Å²) in [4.78, 5) is 30.3. The Hall–Kier alpha value is -4.08. The van der Waals surface area contributed by atoms with Gasteiger partial charge < -0.3 is 20.5 Å². The third-order valence-electron chi connectivity index (χ3n) is 3.64. The van der Waals surface area contributed by atoms with Crippen molar-refractivity contribution in [1.82, 2.24) is 9.97 Å². The van der Waals surface area contributed by atoms with E-state index in [-0.39, 0.29) is 28.8 Å². The maximum atomic E-state index is 13.4. The molecule has 10 heteroatoms. The molecule has 0 amide bonds. The molecule has 3 aromatic rings. The number of nitrogens with zero attached hydrogens (tertiary/aromatic N) is 3. The van der Waals surface area contributed by atoms with Crippen LogP contribution in [-0.2, 0) is 0 Å². The number of anilines is 4. The van der Waals surface area contributed by atoms with Gasteiger partial charge in [0.05, 0.1) is 13.3 Å². The first kappa shape index (κ1) is 18.7. The number of methoxy groups -OCH3 is 1. The fourth-order valence-corrected chi connectivity index (χ4v) is 2.37. The third-order valence-corrected chi connectivity index (χ3v) is 3.64. The molecule has 0 aliphatic carbocycles. The van der Waals surface area contributed by atoms with E-state index in [1.807, 2.05) is 0 Å². The van der Waals surface area contributed by atoms with Crippen LogP contribution >= 0.6 is 0 Å². The minimum atomic E-state index is -1.12. The van der Waals surface area contributed by atoms with E-state index in [4.69, 9.17) is 9.84 Å². The Balaban J connectivity index is 1.89. The topological polar surface area (TPSA) is 126 Å². The predicted octanol–water partition coefficient (Wildman–Crippen LogP) is 4.21. The average molecular weight is 383 g/mol. The summed E-state index contributed by atoms with van der Waals surface area (Å²) in [6.07, 6.45) is 1.20. The zero-order valence-corrected chi connectivity index (χ0v) is 14.5. The Morgan fingerprint density at radius 1 is 1.18 bits per heavy atom. The summed E-state index contributed by atoms with van der Waals surface area (Å²) in [5.41, 5.74) is 0.781. The summed E-state index contributed by atoms with van der Waals surface area (Å²) in [6, 6.07) is 9.98. The molecule has 0 aliphatic rings. The van der Waals surface area contributed by atoms with Crippen molar-refractivity contribution >= 4 is 34.8 Å². The number of nitroso groups, excluding NO2 is 1. The van der Waals surface area contributed by atoms with E-state index in [2.05, 4.69) is 25.8 Å². The molecule has 0 aliphatic heterocycles. The summed E-state index contributed by atoms with van der Waals surface area (Å²) in [7, 11) is 1.35. The number of hydrogen-bond acceptors (Lipinski definition) is 8. The number of rotatable bonds is 7. The van der Waals surface area contributed by atoms with E-state index in [1.165, 1.54) is 49.7 Å². The average Bonchev–Trinajstić information content (AvgIpc) is 2.68. The number of carbonyl (C=O) groups is 1. The van der Waals surface area contributed by atoms with Crippen LogP contribution in [0.25, 0.3) is 0 Å². The van der Waals surface area contributed by atoms with Gasteiger partial charge in [-0.25, -0.2) is 14.2 Å². The number of aromatic nitrogens is 2. The Morgan fingerprint density at radius 3 is 2.64 bits per heavy atom. The normalized spacial score (nSPS) is 10.2. The third kappa shape index (κ3) is 4.18. The highest BCUT2D eigenvalue weighted by molar-refractivity contribution is 5.91. The molecule has 0 radical (unpaired) electrons. The smallest absolute Gasteiger partial charge is 0.339 e. The van der Waals surface area contributed by atoms with Gasteiger partial charge in [0.25, 0.3) is 0 Å². The van der Waals surface area contributed by atoms with Crippen molar-refractivity contribution < 1.29 is 19.0 Å². The van der Waals surface area contributed by atoms with Crippen molar-refractivity contribution in [3.8, 4) is 5.75 Å². The van der Waals surface area contributed by atoms with Gasteiger partial charge >= 0.3 is 5.97 Å². The number of aromatic carboxylic acids is 1. The van der Waals surface area contributed by atoms with Crippen LogP contribution in [0.3, 0.4) is 0 Å². The Bertz CT molecular complexity index is 1040. The van der Waals surface area contributed by atoms with Crippen molar-refractivity contribution in [2.24, 2.45) is 5.18 Å². The van der Waals surface area contributed by atoms with Crippen molar-refractivity contribution in [1.29, 1.82) is 0 Å². The first-order chi connectivity index (χ1) is 13.5. The van der Waals surface area contributed by atoms with E-state index in [9.17, 15) is 14.1 Å². The van der Waals surface area contributed by atoms with Gasteiger partial charge in [-0.3, -0.25) is 0 Å². The van der Waals surface area contributed by atoms with Crippen LogP contribution in [0, 0.1) is 10.7 Å². The molecule has 142 valence electrons. The van der Waals surface area contributed by atoms with Gasteiger partial charge in [0.1, 0.15) is 17.1 Å². The van der Waals surface area contributed by atoms with Crippen molar-refractivity contribution in [2.45, 2.75) is 0 Å². The number of carboxylic acid groups (broad SMARTS) is 1. The summed E-state index contributed by atoms with van der Waals surface area (Å²) in [5.74, 6) is -1.24. The molecule has 1 heterocycles. The molecule has 9 nitrogen and oxygen atoms in total. The SMILES string of the molecule is COc1cc(Nc2ncc(N=O)c(Nc3cccc(F)c3)n2)ccc1C(=O)O. The highest BCUT2D eigenvalue weighted by Crippen LogP contribution is 2.29. The molecule has 3 rings (SSSR count). The largest absolute Gasteiger partial charge is 0.496 e. The fraction of sp³-hybridized carbons (Fsp3) is 0.0556. The molecule has 0 saturated carbocycles. The molecule has 2 aromatic carbocycles. The van der Waals surface area contributed by atoms with Crippen molar-refractivity contribution in [3.05, 3.63) is 64.9 Å². The summed E-state index contributed by atoms with van der Waals surface area (Å²) in [6.45, 7) is 0. The first-order valence-corrected chi connectivity index (χ1v) is 7.91. The molecular formula is C18H14FN5O4. The fourth-order valence-electron chi connectivity index (χ4n) is 2.37. The summed E-state index contributed by atoms with van der Waals surface area (Å²) < 4.78 is 18.4. The highest BCUT2D eigenvalue weighted by Gasteiger charge is 2.13. The molecule has 0 spiro atoms. The lowest BCUT2D eigenvalue weighted by Gasteiger charge is -2.11. The molecule has 0 unspecified atom stereocenters. The second-order valence-corrected chi connectivity index (χ2v) is 5.50. The highest BCUT2D eigenvalue weighted by atomic mass is 19.1. The standard InChI is InChI=1S/C18H14FN5O4/c1-28-15-8-12(5-6-13(15)17(25)26)22-18-20-9-14(24-27)16(23-18)21-11-4-2-3-10(19)7-11/h2-9H,1H3,(H,25,26)(H2,20,21,22,23). The number of ether oxygens (including phenoxy) is 1. The van der Waals surface area contributed by atoms with Crippen LogP contribution in [0.5, 0.6) is 5.75 Å². The van der Waals surface area contributed by atoms with Gasteiger partial charge in [-0.05, 0) is 35.5 Å². The molecule has 28 heavy (non-hydrogen) atoms. The molecule has 3 N–H and O–H groups in total. The molecule has 0 bridgehead atoms. The second kappa shape index (κ2) is 8.08. The minimum absolute atomic E-state index is 0.00271. The zero-order chi connectivity index (χ0) is 20.1. The van der Waals surface area contributed by atoms with Crippen LogP contribution in [0.15, 0.2) is 53.8 Å². The number of benzene rings is 2. The van der Waals surface area contributed by atoms with E-state index in [0.717, 1.165) is 0 Å². The van der Waals surface area contributed by atoms with Crippen LogP contribution in [0.4, 0.5) is 33.2 Å². The Morgan fingerprint density at radius 2 is 1.96 bits per heavy atom. The van der Waals surface area contributed by atoms with Crippen LogP contribution in [0.2, 0.25) is 0 Å². The van der Waals surface area contributed by atoms with E-state index in [1.54, 1.807) is 6.07 Å². The molecule has 0 fully saturated rings. The maximum absolute atomic E-state index is 13.4. The van der Waals surface area contributed by atoms with Gasteiger partial charge in [-0.2, -0.15) is 4.98 Å². The number of carboxylic acids is 1. The van der Waals surface area contributed by atoms with Crippen LogP contribution in [0.1, 0.15) is 10.4 Å². The van der Waals surface area contributed by atoms with Gasteiger partial charge in [-0.15, -0.1) is 4.91 Å². The van der Waals surface area contributed by atoms with E-state index in [0.29, 0.717) is 11.4 Å². The van der Waals surface area contributed by atoms with Gasteiger partial charge in [0.15, 0.2) is 11.5 Å². The second-order valence-electron chi connectivity index (χ2n) is 5.50. The minimum Gasteiger partial charge on any atom is -0.496 e. The maximum Gasteiger partial charge on any atom is 0.339 e. The van der Waals surface area contributed by atoms with Crippen LogP contribution < -0.4 is 15.4 Å². The lowest BCUT2D eigenvalue weighted by atomic mass is 10.2. The lowest BCUT2D eigenvalue weighted by Crippen LogP contribution is -2.03.